The Morgan fingerprint density at radius 1 is 1.00 bits per heavy atom. The molecule has 2 aliphatic rings. The van der Waals surface area contributed by atoms with E-state index < -0.39 is 35.6 Å². The van der Waals surface area contributed by atoms with E-state index in [2.05, 4.69) is 26.2 Å². The Morgan fingerprint density at radius 2 is 1.65 bits per heavy atom. The lowest BCUT2D eigenvalue weighted by atomic mass is 9.92. The fraction of sp³-hybridized carbons (Fsp3) is 0.231. The maximum Gasteiger partial charge on any atom is 0.359 e. The monoisotopic (exact) mass is 564 g/mol. The molecule has 0 bridgehead atoms. The van der Waals surface area contributed by atoms with E-state index in [4.69, 9.17) is 9.57 Å². The van der Waals surface area contributed by atoms with E-state index >= 15 is 0 Å². The number of halogens is 1. The van der Waals surface area contributed by atoms with Crippen LogP contribution in [0.4, 0.5) is 5.69 Å². The Morgan fingerprint density at radius 3 is 2.30 bits per heavy atom. The third-order valence-corrected chi connectivity index (χ3v) is 6.75. The zero-order valence-electron chi connectivity index (χ0n) is 20.1. The number of anilines is 1. The fourth-order valence-corrected chi connectivity index (χ4v) is 4.66. The normalized spacial score (nSPS) is 18.5. The van der Waals surface area contributed by atoms with Crippen LogP contribution in [0, 0.1) is 19.8 Å². The van der Waals surface area contributed by atoms with Crippen LogP contribution in [0.3, 0.4) is 0 Å². The molecule has 10 nitrogen and oxygen atoms in total. The molecule has 0 unspecified atom stereocenters. The first-order valence-corrected chi connectivity index (χ1v) is 12.3. The number of ketones is 1. The lowest BCUT2D eigenvalue weighted by Crippen LogP contribution is -2.34. The van der Waals surface area contributed by atoms with Crippen LogP contribution in [0.25, 0.3) is 5.69 Å². The molecule has 0 radical (unpaired) electrons. The highest BCUT2D eigenvalue weighted by Gasteiger charge is 2.58. The van der Waals surface area contributed by atoms with Crippen LogP contribution in [-0.4, -0.2) is 51.8 Å². The van der Waals surface area contributed by atoms with Gasteiger partial charge < -0.3 is 9.57 Å². The Bertz CT molecular complexity index is 1480. The lowest BCUT2D eigenvalue weighted by molar-refractivity contribution is -0.126. The van der Waals surface area contributed by atoms with E-state index in [-0.39, 0.29) is 23.6 Å². The molecule has 37 heavy (non-hydrogen) atoms. The number of hydrogen-bond donors (Lipinski definition) is 0. The second-order valence-electron chi connectivity index (χ2n) is 8.57. The molecule has 2 amide bonds. The summed E-state index contributed by atoms with van der Waals surface area (Å²) in [7, 11) is 0. The lowest BCUT2D eigenvalue weighted by Gasteiger charge is -2.15. The topological polar surface area (TPSA) is 120 Å². The van der Waals surface area contributed by atoms with Gasteiger partial charge in [-0.1, -0.05) is 38.8 Å². The van der Waals surface area contributed by atoms with Crippen LogP contribution in [0.1, 0.15) is 39.0 Å². The summed E-state index contributed by atoms with van der Waals surface area (Å²) in [5.41, 5.74) is 1.81. The number of rotatable bonds is 6. The Labute approximate surface area is 220 Å². The van der Waals surface area contributed by atoms with Crippen LogP contribution in [0.5, 0.6) is 0 Å². The van der Waals surface area contributed by atoms with E-state index in [9.17, 15) is 19.2 Å². The molecule has 0 spiro atoms. The predicted molar refractivity (Wildman–Crippen MR) is 136 cm³/mol. The highest BCUT2D eigenvalue weighted by Crippen LogP contribution is 2.35. The van der Waals surface area contributed by atoms with Crippen molar-refractivity contribution in [1.29, 1.82) is 0 Å². The summed E-state index contributed by atoms with van der Waals surface area (Å²) in [6.45, 7) is 5.28. The first-order valence-electron chi connectivity index (χ1n) is 11.5. The summed E-state index contributed by atoms with van der Waals surface area (Å²) < 4.78 is 7.38. The number of carbonyl (C=O) groups is 4. The minimum absolute atomic E-state index is 0.0654. The minimum Gasteiger partial charge on any atom is -0.461 e. The van der Waals surface area contributed by atoms with Crippen molar-refractivity contribution in [3.05, 3.63) is 75.5 Å². The molecule has 3 aromatic rings. The molecule has 3 heterocycles. The number of nitrogens with zero attached hydrogens (tertiary/aromatic N) is 4. The molecule has 1 saturated heterocycles. The summed E-state index contributed by atoms with van der Waals surface area (Å²) in [4.78, 5) is 59.3. The first kappa shape index (κ1) is 24.6. The molecule has 0 saturated carbocycles. The zero-order chi connectivity index (χ0) is 26.4. The number of aromatic nitrogens is 2. The van der Waals surface area contributed by atoms with E-state index in [0.717, 1.165) is 14.9 Å². The van der Waals surface area contributed by atoms with Crippen molar-refractivity contribution in [2.75, 3.05) is 11.5 Å². The van der Waals surface area contributed by atoms with Crippen LogP contribution < -0.4 is 4.90 Å². The Kier molecular flexibility index (Phi) is 6.24. The molecule has 0 aliphatic carbocycles. The summed E-state index contributed by atoms with van der Waals surface area (Å²) in [6, 6.07) is 14.0. The van der Waals surface area contributed by atoms with Gasteiger partial charge in [-0.15, -0.1) is 0 Å². The third-order valence-electron chi connectivity index (χ3n) is 6.22. The van der Waals surface area contributed by atoms with Crippen LogP contribution in [-0.2, 0) is 19.2 Å². The van der Waals surface area contributed by atoms with Gasteiger partial charge in [-0.25, -0.2) is 14.4 Å². The van der Waals surface area contributed by atoms with Gasteiger partial charge in [0.05, 0.1) is 29.2 Å². The maximum absolute atomic E-state index is 13.8. The highest BCUT2D eigenvalue weighted by molar-refractivity contribution is 9.10. The molecule has 188 valence electrons. The standard InChI is InChI=1S/C26H21BrN4O6/c1-4-36-26(35)21-18(14(3)31(28-21)17-9-5-13(2)6-10-17)22(32)20-19-23(37-29-20)25(34)30(24(19)33)16-11-7-15(27)8-12-16/h5-12,19,23H,4H2,1-3H3/t19-,23+/m1/s1. The molecule has 2 atom stereocenters. The number of benzene rings is 2. The quantitative estimate of drug-likeness (QED) is 0.255. The summed E-state index contributed by atoms with van der Waals surface area (Å²) in [5, 5.41) is 8.19. The minimum atomic E-state index is -1.27. The fourth-order valence-electron chi connectivity index (χ4n) is 4.39. The molecule has 0 N–H and O–H groups in total. The number of fused-ring (bicyclic) bond motifs is 1. The van der Waals surface area contributed by atoms with E-state index in [1.807, 2.05) is 19.1 Å². The van der Waals surface area contributed by atoms with Crippen molar-refractivity contribution in [3.8, 4) is 5.69 Å². The number of hydrogen-bond acceptors (Lipinski definition) is 8. The number of carbonyl (C=O) groups excluding carboxylic acids is 4. The van der Waals surface area contributed by atoms with Gasteiger partial charge in [0.25, 0.3) is 5.91 Å². The smallest absolute Gasteiger partial charge is 0.359 e. The number of imide groups is 1. The van der Waals surface area contributed by atoms with Crippen molar-refractivity contribution < 1.29 is 28.8 Å². The van der Waals surface area contributed by atoms with Gasteiger partial charge in [0.2, 0.25) is 17.8 Å². The Balaban J connectivity index is 1.54. The van der Waals surface area contributed by atoms with Gasteiger partial charge in [0.15, 0.2) is 5.69 Å². The molecule has 11 heteroatoms. The molecule has 1 aromatic heterocycles. The van der Waals surface area contributed by atoms with Crippen molar-refractivity contribution >= 4 is 50.9 Å². The number of ether oxygens (including phenoxy) is 1. The zero-order valence-corrected chi connectivity index (χ0v) is 21.7. The van der Waals surface area contributed by atoms with Gasteiger partial charge >= 0.3 is 5.97 Å². The average Bonchev–Trinajstić information content (AvgIpc) is 3.53. The Hall–Kier alpha value is -4.12. The van der Waals surface area contributed by atoms with Gasteiger partial charge in [-0.3, -0.25) is 14.4 Å². The third kappa shape index (κ3) is 4.05. The molecule has 2 aliphatic heterocycles. The SMILES string of the molecule is CCOC(=O)c1nn(-c2ccc(C)cc2)c(C)c1C(=O)C1=NO[C@@H]2C(=O)N(c3ccc(Br)cc3)C(=O)[C@H]12. The van der Waals surface area contributed by atoms with Crippen molar-refractivity contribution in [2.45, 2.75) is 26.9 Å². The predicted octanol–water partition coefficient (Wildman–Crippen LogP) is 3.56. The van der Waals surface area contributed by atoms with E-state index in [1.54, 1.807) is 50.2 Å². The van der Waals surface area contributed by atoms with E-state index in [0.29, 0.717) is 17.1 Å². The van der Waals surface area contributed by atoms with Gasteiger partial charge in [0, 0.05) is 4.47 Å². The number of amides is 2. The first-order chi connectivity index (χ1) is 17.7. The van der Waals surface area contributed by atoms with Gasteiger partial charge in [0.1, 0.15) is 11.6 Å². The second kappa shape index (κ2) is 9.40. The number of esters is 1. The molecular weight excluding hydrogens is 544 g/mol. The largest absolute Gasteiger partial charge is 0.461 e. The van der Waals surface area contributed by atoms with Gasteiger partial charge in [-0.2, -0.15) is 5.10 Å². The van der Waals surface area contributed by atoms with E-state index in [1.165, 1.54) is 4.68 Å². The number of oxime groups is 1. The molecule has 2 aromatic carbocycles. The summed E-state index contributed by atoms with van der Waals surface area (Å²) >= 11 is 3.32. The second-order valence-corrected chi connectivity index (χ2v) is 9.49. The van der Waals surface area contributed by atoms with Crippen LogP contribution >= 0.6 is 15.9 Å². The number of aryl methyl sites for hydroxylation is 1. The van der Waals surface area contributed by atoms with Crippen molar-refractivity contribution in [2.24, 2.45) is 11.1 Å². The van der Waals surface area contributed by atoms with Gasteiger partial charge in [-0.05, 0) is 57.2 Å². The van der Waals surface area contributed by atoms with Crippen molar-refractivity contribution in [1.82, 2.24) is 9.78 Å². The maximum atomic E-state index is 13.8. The highest BCUT2D eigenvalue weighted by atomic mass is 79.9. The number of Topliss-reactive ketones (excluding diaryl/α,β-unsaturated/α-hetero) is 1. The van der Waals surface area contributed by atoms with Crippen molar-refractivity contribution in [3.63, 3.8) is 0 Å². The summed E-state index contributed by atoms with van der Waals surface area (Å²) in [5.74, 6) is -4.03. The molecule has 5 rings (SSSR count). The summed E-state index contributed by atoms with van der Waals surface area (Å²) in [6.07, 6.45) is -1.27. The van der Waals surface area contributed by atoms with Crippen LogP contribution in [0.15, 0.2) is 58.2 Å². The average molecular weight is 565 g/mol. The molecule has 1 fully saturated rings. The molecular formula is C26H21BrN4O6. The van der Waals surface area contributed by atoms with Crippen LogP contribution in [0.2, 0.25) is 0 Å².